The maximum atomic E-state index is 14.9. The van der Waals surface area contributed by atoms with Gasteiger partial charge in [-0.2, -0.15) is 18.3 Å². The number of nitrogens with zero attached hydrogens (tertiary/aromatic N) is 6. The SMILES string of the molecule is C=CCOC(=O)N1CCC2(CC1)CCN(C(=O)[C@@H](NC(=O)[C@@H]1CN(C(=O)c3cnn(Cc4ccccc4C(=O)O)c3)CC13CN(C(=O)C1(C(F)(F)F)CC1)C3)[C@@H](C)OCC13CCC(CC1)OC3)CC2. The summed E-state index contributed by atoms with van der Waals surface area (Å²) in [6.07, 6.45) is 4.60. The van der Waals surface area contributed by atoms with Gasteiger partial charge < -0.3 is 44.2 Å². The fourth-order valence-electron chi connectivity index (χ4n) is 11.8. The molecule has 6 aliphatic heterocycles. The standard InChI is InChI=1S/C49H62F3N7O10/c1-3-22-67-44(66)56-20-16-45(17-21-56)14-18-55(19-15-45)41(62)38(32(2)68-30-46-10-8-35(9-11-46)69-31-46)54-39(60)37-26-57(27-47(37)28-58(29-47)43(65)48(12-13-48)49(50,51)52)40(61)34-23-53-59(25-34)24-33-6-4-5-7-36(33)42(63)64/h3-7,23,25,32,35,37-38H,1,8-22,24,26-31H2,2H3,(H,54,60)(H,63,64)/t32-,35?,37+,38+,46?/m1/s1. The molecule has 0 radical (unpaired) electrons. The van der Waals surface area contributed by atoms with Crippen LogP contribution in [0.4, 0.5) is 18.0 Å². The van der Waals surface area contributed by atoms with Gasteiger partial charge in [-0.25, -0.2) is 9.59 Å². The first kappa shape index (κ1) is 48.5. The lowest BCUT2D eigenvalue weighted by molar-refractivity contribution is -0.205. The van der Waals surface area contributed by atoms with Crippen molar-refractivity contribution in [2.75, 3.05) is 72.2 Å². The quantitative estimate of drug-likeness (QED) is 0.249. The zero-order valence-corrected chi connectivity index (χ0v) is 39.1. The summed E-state index contributed by atoms with van der Waals surface area (Å²) in [5, 5.41) is 17.0. The lowest BCUT2D eigenvalue weighted by atomic mass is 9.70. The average molecular weight is 966 g/mol. The van der Waals surface area contributed by atoms with Crippen molar-refractivity contribution >= 4 is 35.7 Å². The third-order valence-corrected chi connectivity index (χ3v) is 16.6. The van der Waals surface area contributed by atoms with E-state index in [0.29, 0.717) is 57.8 Å². The summed E-state index contributed by atoms with van der Waals surface area (Å²) in [4.78, 5) is 87.9. The Morgan fingerprint density at radius 1 is 0.928 bits per heavy atom. The van der Waals surface area contributed by atoms with Crippen LogP contribution in [0, 0.1) is 27.6 Å². The van der Waals surface area contributed by atoms with Crippen LogP contribution < -0.4 is 5.32 Å². The molecule has 1 aromatic carbocycles. The molecule has 17 nitrogen and oxygen atoms in total. The van der Waals surface area contributed by atoms with Crippen LogP contribution in [0.1, 0.15) is 97.4 Å². The van der Waals surface area contributed by atoms with Gasteiger partial charge in [-0.3, -0.25) is 23.9 Å². The number of carboxylic acids is 1. The van der Waals surface area contributed by atoms with Crippen LogP contribution in [0.2, 0.25) is 0 Å². The maximum Gasteiger partial charge on any atom is 0.410 e. The molecule has 3 atom stereocenters. The van der Waals surface area contributed by atoms with E-state index in [1.165, 1.54) is 34.1 Å². The summed E-state index contributed by atoms with van der Waals surface area (Å²) in [5.74, 6) is -4.58. The Kier molecular flexibility index (Phi) is 13.1. The molecule has 69 heavy (non-hydrogen) atoms. The lowest BCUT2D eigenvalue weighted by Crippen LogP contribution is -2.67. The van der Waals surface area contributed by atoms with Crippen molar-refractivity contribution in [3.63, 3.8) is 0 Å². The molecule has 10 rings (SSSR count). The summed E-state index contributed by atoms with van der Waals surface area (Å²) >= 11 is 0. The van der Waals surface area contributed by atoms with Crippen molar-refractivity contribution in [3.8, 4) is 0 Å². The molecule has 2 spiro atoms. The zero-order valence-electron chi connectivity index (χ0n) is 39.1. The number of hydrogen-bond acceptors (Lipinski definition) is 10. The first-order valence-electron chi connectivity index (χ1n) is 24.2. The molecule has 2 aromatic rings. The van der Waals surface area contributed by atoms with Gasteiger partial charge in [0.1, 0.15) is 18.1 Å². The number of amides is 5. The number of benzene rings is 1. The number of hydrogen-bond donors (Lipinski definition) is 2. The Morgan fingerprint density at radius 2 is 1.58 bits per heavy atom. The number of rotatable bonds is 14. The Balaban J connectivity index is 0.929. The summed E-state index contributed by atoms with van der Waals surface area (Å²) < 4.78 is 61.8. The van der Waals surface area contributed by atoms with Gasteiger partial charge in [0.2, 0.25) is 17.7 Å². The number of fused-ring (bicyclic) bond motifs is 3. The normalized spacial score (nSPS) is 26.3. The molecule has 5 amide bonds. The molecular weight excluding hydrogens is 904 g/mol. The largest absolute Gasteiger partial charge is 0.478 e. The van der Waals surface area contributed by atoms with E-state index in [1.807, 2.05) is 0 Å². The number of aromatic carboxylic acids is 1. The fraction of sp³-hybridized carbons (Fsp3) is 0.653. The number of carboxylic acid groups (broad SMARTS) is 1. The molecule has 2 saturated carbocycles. The van der Waals surface area contributed by atoms with E-state index < -0.39 is 58.8 Å². The van der Waals surface area contributed by atoms with Crippen LogP contribution in [-0.2, 0) is 35.1 Å². The highest BCUT2D eigenvalue weighted by molar-refractivity contribution is 5.96. The number of ether oxygens (including phenoxy) is 3. The van der Waals surface area contributed by atoms with E-state index in [2.05, 4.69) is 17.0 Å². The van der Waals surface area contributed by atoms with Crippen LogP contribution in [0.25, 0.3) is 0 Å². The first-order valence-corrected chi connectivity index (χ1v) is 24.2. The molecule has 6 saturated heterocycles. The third kappa shape index (κ3) is 9.46. The molecule has 20 heteroatoms. The molecule has 1 aromatic heterocycles. The van der Waals surface area contributed by atoms with E-state index in [-0.39, 0.29) is 92.2 Å². The number of alkyl halides is 3. The maximum absolute atomic E-state index is 14.9. The topological polar surface area (TPSA) is 193 Å². The molecule has 0 unspecified atom stereocenters. The van der Waals surface area contributed by atoms with Gasteiger partial charge in [-0.1, -0.05) is 30.9 Å². The minimum Gasteiger partial charge on any atom is -0.478 e. The summed E-state index contributed by atoms with van der Waals surface area (Å²) in [6, 6.07) is 5.25. The Hall–Kier alpha value is -5.50. The smallest absolute Gasteiger partial charge is 0.410 e. The number of nitrogens with one attached hydrogen (secondary N) is 1. The Labute approximate surface area is 398 Å². The van der Waals surface area contributed by atoms with Gasteiger partial charge in [-0.05, 0) is 88.2 Å². The van der Waals surface area contributed by atoms with Crippen molar-refractivity contribution in [2.24, 2.45) is 27.6 Å². The second-order valence-electron chi connectivity index (χ2n) is 20.9. The molecule has 374 valence electrons. The molecule has 2 bridgehead atoms. The van der Waals surface area contributed by atoms with Crippen LogP contribution in [0.15, 0.2) is 49.3 Å². The van der Waals surface area contributed by atoms with Crippen LogP contribution in [-0.4, -0.2) is 167 Å². The Morgan fingerprint density at radius 3 is 2.19 bits per heavy atom. The van der Waals surface area contributed by atoms with Crippen LogP contribution in [0.3, 0.4) is 0 Å². The highest BCUT2D eigenvalue weighted by Gasteiger charge is 2.72. The highest BCUT2D eigenvalue weighted by Crippen LogP contribution is 2.60. The number of carbonyl (C=O) groups excluding carboxylic acids is 5. The molecule has 8 fully saturated rings. The van der Waals surface area contributed by atoms with Crippen LogP contribution >= 0.6 is 0 Å². The van der Waals surface area contributed by atoms with Gasteiger partial charge in [0.15, 0.2) is 0 Å². The van der Waals surface area contributed by atoms with Crippen molar-refractivity contribution in [3.05, 3.63) is 66.0 Å². The van der Waals surface area contributed by atoms with E-state index in [9.17, 15) is 47.0 Å². The van der Waals surface area contributed by atoms with E-state index in [0.717, 1.165) is 43.4 Å². The number of piperidine rings is 2. The minimum absolute atomic E-state index is 0.0501. The van der Waals surface area contributed by atoms with Gasteiger partial charge in [0.05, 0.1) is 55.2 Å². The number of carbonyl (C=O) groups is 6. The molecule has 7 heterocycles. The van der Waals surface area contributed by atoms with Gasteiger partial charge in [0, 0.05) is 69.4 Å². The number of likely N-dealkylation sites (tertiary alicyclic amines) is 4. The lowest BCUT2D eigenvalue weighted by Gasteiger charge is -2.51. The molecule has 2 N–H and O–H groups in total. The van der Waals surface area contributed by atoms with Gasteiger partial charge >= 0.3 is 18.2 Å². The second-order valence-corrected chi connectivity index (χ2v) is 20.9. The van der Waals surface area contributed by atoms with Crippen molar-refractivity contribution in [1.82, 2.24) is 34.7 Å². The van der Waals surface area contributed by atoms with E-state index in [1.54, 1.807) is 34.9 Å². The summed E-state index contributed by atoms with van der Waals surface area (Å²) in [7, 11) is 0. The van der Waals surface area contributed by atoms with E-state index >= 15 is 0 Å². The first-order chi connectivity index (χ1) is 32.9. The zero-order chi connectivity index (χ0) is 48.9. The highest BCUT2D eigenvalue weighted by atomic mass is 19.4. The fourth-order valence-corrected chi connectivity index (χ4v) is 11.8. The number of halogens is 3. The average Bonchev–Trinajstić information content (AvgIpc) is 3.89. The van der Waals surface area contributed by atoms with Gasteiger partial charge in [0.25, 0.3) is 5.91 Å². The molecule has 2 aliphatic carbocycles. The van der Waals surface area contributed by atoms with Crippen molar-refractivity contribution in [2.45, 2.75) is 102 Å². The van der Waals surface area contributed by atoms with Crippen molar-refractivity contribution < 1.29 is 61.3 Å². The monoisotopic (exact) mass is 965 g/mol. The molecular formula is C49H62F3N7O10. The predicted octanol–water partition coefficient (Wildman–Crippen LogP) is 4.75. The Bertz CT molecular complexity index is 2310. The van der Waals surface area contributed by atoms with E-state index in [4.69, 9.17) is 14.2 Å². The summed E-state index contributed by atoms with van der Waals surface area (Å²) in [6.45, 7) is 7.72. The second kappa shape index (κ2) is 18.7. The predicted molar refractivity (Wildman–Crippen MR) is 239 cm³/mol. The van der Waals surface area contributed by atoms with Gasteiger partial charge in [-0.15, -0.1) is 0 Å². The van der Waals surface area contributed by atoms with Crippen molar-refractivity contribution in [1.29, 1.82) is 0 Å². The number of aromatic nitrogens is 2. The van der Waals surface area contributed by atoms with Crippen LogP contribution in [0.5, 0.6) is 0 Å². The summed E-state index contributed by atoms with van der Waals surface area (Å²) in [5.41, 5.74) is -3.17. The molecule has 8 aliphatic rings. The third-order valence-electron chi connectivity index (χ3n) is 16.6. The minimum atomic E-state index is -4.73.